The van der Waals surface area contributed by atoms with Gasteiger partial charge in [-0.15, -0.1) is 0 Å². The fraction of sp³-hybridized carbons (Fsp3) is 0.367. The Kier molecular flexibility index (Phi) is 8.36. The van der Waals surface area contributed by atoms with Crippen molar-refractivity contribution in [3.8, 4) is 16.9 Å². The van der Waals surface area contributed by atoms with Gasteiger partial charge in [0.2, 0.25) is 0 Å². The first-order valence-corrected chi connectivity index (χ1v) is 14.0. The minimum atomic E-state index is -0.902. The summed E-state index contributed by atoms with van der Waals surface area (Å²) in [6.07, 6.45) is 5.60. The molecular weight excluding hydrogens is 560 g/mol. The Balaban J connectivity index is 1.33. The zero-order chi connectivity index (χ0) is 29.9. The molecule has 2 aromatic heterocycles. The second kappa shape index (κ2) is 12.5. The maximum atomic E-state index is 14.7. The Morgan fingerprint density at radius 2 is 2.00 bits per heavy atom. The molecule has 2 aromatic carbocycles. The summed E-state index contributed by atoms with van der Waals surface area (Å²) in [5.41, 5.74) is 3.75. The van der Waals surface area contributed by atoms with Crippen LogP contribution in [-0.2, 0) is 21.4 Å². The molecule has 0 aliphatic carbocycles. The van der Waals surface area contributed by atoms with E-state index in [1.54, 1.807) is 31.0 Å². The lowest BCUT2D eigenvalue weighted by atomic mass is 10.0. The van der Waals surface area contributed by atoms with E-state index in [0.29, 0.717) is 62.4 Å². The molecule has 11 nitrogen and oxygen atoms in total. The van der Waals surface area contributed by atoms with Crippen molar-refractivity contribution in [3.05, 3.63) is 72.3 Å². The summed E-state index contributed by atoms with van der Waals surface area (Å²) in [4.78, 5) is 16.8. The molecule has 0 amide bonds. The third kappa shape index (κ3) is 5.96. The van der Waals surface area contributed by atoms with E-state index in [0.717, 1.165) is 22.9 Å². The number of ether oxygens (including phenoxy) is 3. The zero-order valence-electron chi connectivity index (χ0n) is 24.2. The second-order valence-electron chi connectivity index (χ2n) is 10.4. The van der Waals surface area contributed by atoms with Crippen molar-refractivity contribution in [1.29, 1.82) is 0 Å². The van der Waals surface area contributed by atoms with Crippen molar-refractivity contribution < 1.29 is 27.8 Å². The summed E-state index contributed by atoms with van der Waals surface area (Å²) in [7, 11) is 5.16. The Hall–Kier alpha value is -4.33. The van der Waals surface area contributed by atoms with Crippen LogP contribution in [0.25, 0.3) is 11.1 Å². The molecule has 2 aliphatic rings. The molecule has 4 heterocycles. The number of nitrogens with one attached hydrogen (secondary N) is 1. The smallest absolute Gasteiger partial charge is 0.164 e. The predicted octanol–water partition coefficient (Wildman–Crippen LogP) is 4.64. The van der Waals surface area contributed by atoms with Gasteiger partial charge in [0, 0.05) is 74.4 Å². The minimum Gasteiger partial charge on any atom is -0.494 e. The van der Waals surface area contributed by atoms with Crippen LogP contribution in [0.4, 0.5) is 31.8 Å². The molecular formula is C30H33F2N7O4. The zero-order valence-corrected chi connectivity index (χ0v) is 24.2. The van der Waals surface area contributed by atoms with Crippen molar-refractivity contribution in [3.63, 3.8) is 0 Å². The number of anilines is 4. The monoisotopic (exact) mass is 593 g/mol. The summed E-state index contributed by atoms with van der Waals surface area (Å²) in [6.45, 7) is 2.78. The van der Waals surface area contributed by atoms with Gasteiger partial charge < -0.3 is 24.4 Å². The number of hydroxylamine groups is 1. The molecule has 2 saturated heterocycles. The minimum absolute atomic E-state index is 0.0544. The van der Waals surface area contributed by atoms with Gasteiger partial charge in [0.25, 0.3) is 0 Å². The van der Waals surface area contributed by atoms with Gasteiger partial charge in [-0.2, -0.15) is 5.10 Å². The van der Waals surface area contributed by atoms with E-state index in [1.807, 2.05) is 31.6 Å². The van der Waals surface area contributed by atoms with Crippen LogP contribution in [0.5, 0.6) is 5.75 Å². The van der Waals surface area contributed by atoms with E-state index in [1.165, 1.54) is 17.5 Å². The lowest BCUT2D eigenvalue weighted by molar-refractivity contribution is -0.01000. The molecule has 0 spiro atoms. The van der Waals surface area contributed by atoms with Crippen LogP contribution in [0.3, 0.4) is 0 Å². The van der Waals surface area contributed by atoms with Gasteiger partial charge >= 0.3 is 0 Å². The van der Waals surface area contributed by atoms with Crippen molar-refractivity contribution in [1.82, 2.24) is 19.7 Å². The molecule has 13 heteroatoms. The molecule has 1 N–H and O–H groups in total. The standard InChI is InChI=1S/C30H33F2N7O4/c1-37-15-19(14-35-37)22-11-24(27(41-3)12-26(22)38-8-10-42-20(16-38)17-40-2)36-28-13-29(34-18-33-28)39-25(7-9-43-39)21-5-4-6-23(31)30(21)32/h4-6,11-15,18,20,25H,7-10,16-17H2,1-3H3,(H,33,34,36)/t20-,25+/m0/s1. The SMILES string of the molecule is COC[C@@H]1CN(c2cc(OC)c(Nc3cc(N4OCC[C@@H]4c4cccc(F)c4F)ncn3)cc2-c2cnn(C)c2)CCO1. The Morgan fingerprint density at radius 3 is 2.79 bits per heavy atom. The Labute approximate surface area is 247 Å². The molecule has 2 atom stereocenters. The maximum absolute atomic E-state index is 14.7. The summed E-state index contributed by atoms with van der Waals surface area (Å²) in [6, 6.07) is 9.30. The van der Waals surface area contributed by atoms with Crippen molar-refractivity contribution in [2.45, 2.75) is 18.6 Å². The Morgan fingerprint density at radius 1 is 1.12 bits per heavy atom. The summed E-state index contributed by atoms with van der Waals surface area (Å²) < 4.78 is 47.5. The van der Waals surface area contributed by atoms with E-state index in [-0.39, 0.29) is 11.7 Å². The van der Waals surface area contributed by atoms with Crippen molar-refractivity contribution in [2.75, 3.05) is 62.4 Å². The van der Waals surface area contributed by atoms with Crippen LogP contribution in [-0.4, -0.2) is 73.0 Å². The van der Waals surface area contributed by atoms with Crippen LogP contribution < -0.4 is 20.0 Å². The summed E-state index contributed by atoms with van der Waals surface area (Å²) in [5, 5.41) is 9.25. The van der Waals surface area contributed by atoms with Crippen LogP contribution >= 0.6 is 0 Å². The topological polar surface area (TPSA) is 99.0 Å². The number of nitrogens with zero attached hydrogens (tertiary/aromatic N) is 6. The number of benzene rings is 2. The van der Waals surface area contributed by atoms with Crippen molar-refractivity contribution in [2.24, 2.45) is 7.05 Å². The second-order valence-corrected chi connectivity index (χ2v) is 10.4. The molecule has 0 radical (unpaired) electrons. The fourth-order valence-corrected chi connectivity index (χ4v) is 5.54. The van der Waals surface area contributed by atoms with Crippen LogP contribution in [0.2, 0.25) is 0 Å². The third-order valence-electron chi connectivity index (χ3n) is 7.55. The number of halogens is 2. The Bertz CT molecular complexity index is 1580. The third-order valence-corrected chi connectivity index (χ3v) is 7.55. The number of hydrogen-bond donors (Lipinski definition) is 1. The van der Waals surface area contributed by atoms with Gasteiger partial charge in [-0.1, -0.05) is 12.1 Å². The van der Waals surface area contributed by atoms with Gasteiger partial charge in [0.05, 0.1) is 51.0 Å². The molecule has 226 valence electrons. The van der Waals surface area contributed by atoms with E-state index in [9.17, 15) is 8.78 Å². The van der Waals surface area contributed by atoms with Crippen LogP contribution in [0.1, 0.15) is 18.0 Å². The molecule has 0 bridgehead atoms. The highest BCUT2D eigenvalue weighted by Gasteiger charge is 2.32. The number of methoxy groups -OCH3 is 2. The number of aryl methyl sites for hydroxylation is 1. The highest BCUT2D eigenvalue weighted by Crippen LogP contribution is 2.42. The van der Waals surface area contributed by atoms with Gasteiger partial charge in [0.15, 0.2) is 17.5 Å². The molecule has 6 rings (SSSR count). The van der Waals surface area contributed by atoms with Crippen molar-refractivity contribution >= 4 is 23.0 Å². The highest BCUT2D eigenvalue weighted by atomic mass is 19.2. The normalized spacial score (nSPS) is 18.7. The lowest BCUT2D eigenvalue weighted by Gasteiger charge is -2.35. The molecule has 2 fully saturated rings. The molecule has 0 unspecified atom stereocenters. The fourth-order valence-electron chi connectivity index (χ4n) is 5.54. The molecule has 4 aromatic rings. The molecule has 43 heavy (non-hydrogen) atoms. The van der Waals surface area contributed by atoms with Crippen LogP contribution in [0, 0.1) is 11.6 Å². The van der Waals surface area contributed by atoms with E-state index in [4.69, 9.17) is 19.0 Å². The average molecular weight is 594 g/mol. The number of hydrogen-bond acceptors (Lipinski definition) is 10. The van der Waals surface area contributed by atoms with E-state index >= 15 is 0 Å². The summed E-state index contributed by atoms with van der Waals surface area (Å²) >= 11 is 0. The number of morpholine rings is 1. The van der Waals surface area contributed by atoms with Gasteiger partial charge in [-0.25, -0.2) is 23.8 Å². The quantitative estimate of drug-likeness (QED) is 0.296. The lowest BCUT2D eigenvalue weighted by Crippen LogP contribution is -2.44. The summed E-state index contributed by atoms with van der Waals surface area (Å²) in [5.74, 6) is -0.315. The van der Waals surface area contributed by atoms with Gasteiger partial charge in [-0.05, 0) is 12.1 Å². The number of rotatable bonds is 9. The number of aromatic nitrogens is 4. The maximum Gasteiger partial charge on any atom is 0.164 e. The molecule has 0 saturated carbocycles. The van der Waals surface area contributed by atoms with Gasteiger partial charge in [-0.3, -0.25) is 9.52 Å². The predicted molar refractivity (Wildman–Crippen MR) is 156 cm³/mol. The largest absolute Gasteiger partial charge is 0.494 e. The highest BCUT2D eigenvalue weighted by molar-refractivity contribution is 5.85. The molecule has 2 aliphatic heterocycles. The average Bonchev–Trinajstić information content (AvgIpc) is 3.68. The van der Waals surface area contributed by atoms with Gasteiger partial charge in [0.1, 0.15) is 17.9 Å². The first kappa shape index (κ1) is 28.8. The first-order valence-electron chi connectivity index (χ1n) is 14.0. The first-order chi connectivity index (χ1) is 20.9. The van der Waals surface area contributed by atoms with Crippen LogP contribution in [0.15, 0.2) is 55.1 Å². The van der Waals surface area contributed by atoms with E-state index < -0.39 is 17.7 Å². The van der Waals surface area contributed by atoms with E-state index in [2.05, 4.69) is 25.3 Å².